The Bertz CT molecular complexity index is 1150. The highest BCUT2D eigenvalue weighted by Gasteiger charge is 2.14. The first kappa shape index (κ1) is 21.7. The lowest BCUT2D eigenvalue weighted by Crippen LogP contribution is -2.14. The molecule has 2 N–H and O–H groups in total. The fraction of sp³-hybridized carbons (Fsp3) is 0.182. The van der Waals surface area contributed by atoms with Gasteiger partial charge in [0, 0.05) is 29.1 Å². The Kier molecular flexibility index (Phi) is 6.69. The Morgan fingerprint density at radius 3 is 2.07 bits per heavy atom. The van der Waals surface area contributed by atoms with Crippen molar-refractivity contribution in [2.45, 2.75) is 31.6 Å². The molecule has 30 heavy (non-hydrogen) atoms. The Morgan fingerprint density at radius 2 is 1.47 bits per heavy atom. The number of hydrogen-bond donors (Lipinski definition) is 2. The van der Waals surface area contributed by atoms with Gasteiger partial charge in [0.25, 0.3) is 10.0 Å². The van der Waals surface area contributed by atoms with Crippen molar-refractivity contribution in [1.82, 2.24) is 0 Å². The molecule has 2 aromatic carbocycles. The topological polar surface area (TPSA) is 92.3 Å². The number of amides is 1. The summed E-state index contributed by atoms with van der Waals surface area (Å²) in [5.41, 5.74) is 1.88. The molecule has 0 atom stereocenters. The number of sulfonamides is 1. The zero-order valence-electron chi connectivity index (χ0n) is 16.6. The van der Waals surface area contributed by atoms with Gasteiger partial charge in [-0.3, -0.25) is 14.3 Å². The van der Waals surface area contributed by atoms with Gasteiger partial charge in [-0.25, -0.2) is 8.42 Å². The van der Waals surface area contributed by atoms with Gasteiger partial charge in [-0.1, -0.05) is 17.7 Å². The van der Waals surface area contributed by atoms with Gasteiger partial charge in [0.2, 0.25) is 5.91 Å². The third-order valence-electron chi connectivity index (χ3n) is 4.35. The second kappa shape index (κ2) is 9.23. The number of rotatable bonds is 8. The van der Waals surface area contributed by atoms with Crippen LogP contribution in [0.15, 0.2) is 65.6 Å². The zero-order valence-corrected chi connectivity index (χ0v) is 18.3. The van der Waals surface area contributed by atoms with Crippen molar-refractivity contribution in [3.8, 4) is 0 Å². The van der Waals surface area contributed by atoms with Crippen molar-refractivity contribution >= 4 is 44.4 Å². The summed E-state index contributed by atoms with van der Waals surface area (Å²) in [6, 6.07) is 16.6. The highest BCUT2D eigenvalue weighted by atomic mass is 32.2. The summed E-state index contributed by atoms with van der Waals surface area (Å²) in [6.07, 6.45) is 0.220. The molecule has 0 bridgehead atoms. The Balaban J connectivity index is 1.54. The van der Waals surface area contributed by atoms with Crippen LogP contribution in [0, 0.1) is 13.8 Å². The first-order valence-electron chi connectivity index (χ1n) is 9.32. The van der Waals surface area contributed by atoms with Crippen LogP contribution in [0.3, 0.4) is 0 Å². The van der Waals surface area contributed by atoms with Gasteiger partial charge in [0.1, 0.15) is 0 Å². The Morgan fingerprint density at radius 1 is 0.833 bits per heavy atom. The van der Waals surface area contributed by atoms with Crippen LogP contribution >= 0.6 is 11.3 Å². The molecular weight excluding hydrogens is 420 g/mol. The Hall–Kier alpha value is -2.97. The lowest BCUT2D eigenvalue weighted by Gasteiger charge is -2.10. The minimum Gasteiger partial charge on any atom is -0.326 e. The molecule has 0 radical (unpaired) electrons. The molecule has 1 heterocycles. The van der Waals surface area contributed by atoms with Crippen LogP contribution in [-0.4, -0.2) is 20.1 Å². The second-order valence-electron chi connectivity index (χ2n) is 6.88. The van der Waals surface area contributed by atoms with E-state index in [2.05, 4.69) is 10.0 Å². The summed E-state index contributed by atoms with van der Waals surface area (Å²) in [5.74, 6) is -0.325. The lowest BCUT2D eigenvalue weighted by atomic mass is 10.2. The van der Waals surface area contributed by atoms with E-state index in [4.69, 9.17) is 0 Å². The number of benzene rings is 2. The van der Waals surface area contributed by atoms with E-state index >= 15 is 0 Å². The molecular formula is C22H22N2O4S2. The van der Waals surface area contributed by atoms with Crippen molar-refractivity contribution in [2.75, 3.05) is 10.0 Å². The number of Topliss-reactive ketones (excluding diaryl/α,β-unsaturated/α-hetero) is 1. The molecule has 0 saturated carbocycles. The summed E-state index contributed by atoms with van der Waals surface area (Å²) in [6.45, 7) is 3.81. The molecule has 0 fully saturated rings. The van der Waals surface area contributed by atoms with Crippen LogP contribution < -0.4 is 10.0 Å². The van der Waals surface area contributed by atoms with Gasteiger partial charge in [0.15, 0.2) is 5.78 Å². The summed E-state index contributed by atoms with van der Waals surface area (Å²) < 4.78 is 27.4. The SMILES string of the molecule is Cc1ccc(S(=O)(=O)Nc2ccc(NC(=O)CCC(=O)c3ccc(C)s3)cc2)cc1. The molecule has 6 nitrogen and oxygen atoms in total. The predicted octanol–water partition coefficient (Wildman–Crippen LogP) is 4.77. The van der Waals surface area contributed by atoms with E-state index in [0.717, 1.165) is 10.4 Å². The molecule has 8 heteroatoms. The fourth-order valence-corrected chi connectivity index (χ4v) is 4.60. The third kappa shape index (κ3) is 5.77. The molecule has 0 unspecified atom stereocenters. The van der Waals surface area contributed by atoms with Crippen molar-refractivity contribution in [1.29, 1.82) is 0 Å². The second-order valence-corrected chi connectivity index (χ2v) is 9.85. The number of ketones is 1. The molecule has 0 aliphatic rings. The van der Waals surface area contributed by atoms with E-state index in [1.54, 1.807) is 54.6 Å². The largest absolute Gasteiger partial charge is 0.326 e. The van der Waals surface area contributed by atoms with E-state index in [1.165, 1.54) is 11.3 Å². The van der Waals surface area contributed by atoms with Crippen LogP contribution in [-0.2, 0) is 14.8 Å². The average molecular weight is 443 g/mol. The van der Waals surface area contributed by atoms with E-state index in [1.807, 2.05) is 19.9 Å². The lowest BCUT2D eigenvalue weighted by molar-refractivity contribution is -0.116. The molecule has 0 spiro atoms. The minimum atomic E-state index is -3.68. The minimum absolute atomic E-state index is 0.0517. The summed E-state index contributed by atoms with van der Waals surface area (Å²) in [7, 11) is -3.68. The standard InChI is InChI=1S/C22H22N2O4S2/c1-15-3-10-19(11-4-15)30(27,28)24-18-8-6-17(7-9-18)23-22(26)14-12-20(25)21-13-5-16(2)29-21/h3-11,13,24H,12,14H2,1-2H3,(H,23,26). The molecule has 0 saturated heterocycles. The van der Waals surface area contributed by atoms with Crippen LogP contribution in [0.4, 0.5) is 11.4 Å². The molecule has 156 valence electrons. The van der Waals surface area contributed by atoms with Crippen molar-refractivity contribution in [3.05, 3.63) is 76.0 Å². The van der Waals surface area contributed by atoms with Crippen LogP contribution in [0.25, 0.3) is 0 Å². The first-order valence-corrected chi connectivity index (χ1v) is 11.6. The van der Waals surface area contributed by atoms with Crippen LogP contribution in [0.5, 0.6) is 0 Å². The van der Waals surface area contributed by atoms with E-state index < -0.39 is 10.0 Å². The first-order chi connectivity index (χ1) is 14.2. The Labute approximate surface area is 180 Å². The van der Waals surface area contributed by atoms with Gasteiger partial charge in [0.05, 0.1) is 9.77 Å². The van der Waals surface area contributed by atoms with Crippen molar-refractivity contribution in [2.24, 2.45) is 0 Å². The summed E-state index contributed by atoms with van der Waals surface area (Å²) in [5, 5.41) is 2.72. The number of hydrogen-bond acceptors (Lipinski definition) is 5. The normalized spacial score (nSPS) is 11.1. The zero-order chi connectivity index (χ0) is 21.7. The van der Waals surface area contributed by atoms with E-state index in [-0.39, 0.29) is 29.4 Å². The van der Waals surface area contributed by atoms with Crippen molar-refractivity contribution in [3.63, 3.8) is 0 Å². The number of anilines is 2. The highest BCUT2D eigenvalue weighted by Crippen LogP contribution is 2.20. The molecule has 1 aromatic heterocycles. The average Bonchev–Trinajstić information content (AvgIpc) is 3.14. The van der Waals surface area contributed by atoms with Crippen molar-refractivity contribution < 1.29 is 18.0 Å². The van der Waals surface area contributed by atoms with Gasteiger partial charge in [-0.2, -0.15) is 0 Å². The maximum Gasteiger partial charge on any atom is 0.261 e. The molecule has 0 aliphatic heterocycles. The number of thiophene rings is 1. The highest BCUT2D eigenvalue weighted by molar-refractivity contribution is 7.92. The molecule has 3 aromatic rings. The molecule has 3 rings (SSSR count). The quantitative estimate of drug-likeness (QED) is 0.492. The summed E-state index contributed by atoms with van der Waals surface area (Å²) in [4.78, 5) is 26.1. The van der Waals surface area contributed by atoms with Gasteiger partial charge in [-0.15, -0.1) is 11.3 Å². The number of aryl methyl sites for hydroxylation is 2. The smallest absolute Gasteiger partial charge is 0.261 e. The maximum atomic E-state index is 12.4. The maximum absolute atomic E-state index is 12.4. The molecule has 0 aliphatic carbocycles. The third-order valence-corrected chi connectivity index (χ3v) is 6.79. The van der Waals surface area contributed by atoms with Gasteiger partial charge < -0.3 is 5.32 Å². The van der Waals surface area contributed by atoms with Crippen LogP contribution in [0.1, 0.15) is 33.0 Å². The molecule has 1 amide bonds. The number of carbonyl (C=O) groups is 2. The van der Waals surface area contributed by atoms with E-state index in [0.29, 0.717) is 16.3 Å². The number of nitrogens with one attached hydrogen (secondary N) is 2. The monoisotopic (exact) mass is 442 g/mol. The fourth-order valence-electron chi connectivity index (χ4n) is 2.71. The van der Waals surface area contributed by atoms with E-state index in [9.17, 15) is 18.0 Å². The predicted molar refractivity (Wildman–Crippen MR) is 120 cm³/mol. The summed E-state index contributed by atoms with van der Waals surface area (Å²) >= 11 is 1.42. The van der Waals surface area contributed by atoms with Gasteiger partial charge >= 0.3 is 0 Å². The van der Waals surface area contributed by atoms with Gasteiger partial charge in [-0.05, 0) is 62.4 Å². The number of carbonyl (C=O) groups excluding carboxylic acids is 2. The van der Waals surface area contributed by atoms with Crippen LogP contribution in [0.2, 0.25) is 0 Å².